The van der Waals surface area contributed by atoms with E-state index in [1.807, 2.05) is 29.2 Å². The highest BCUT2D eigenvalue weighted by atomic mass is 16.5. The Hall–Kier alpha value is -2.33. The molecule has 0 aromatic heterocycles. The van der Waals surface area contributed by atoms with E-state index in [9.17, 15) is 4.79 Å². The molecule has 25 heavy (non-hydrogen) atoms. The molecule has 2 aliphatic rings. The van der Waals surface area contributed by atoms with Crippen LogP contribution >= 0.6 is 0 Å². The second-order valence-corrected chi connectivity index (χ2v) is 7.28. The quantitative estimate of drug-likeness (QED) is 0.917. The fraction of sp³-hybridized carbons (Fsp3) is 0.381. The maximum absolute atomic E-state index is 13.0. The third-order valence-corrected chi connectivity index (χ3v) is 5.53. The fourth-order valence-electron chi connectivity index (χ4n) is 3.92. The number of likely N-dealkylation sites (tertiary alicyclic amines) is 1. The van der Waals surface area contributed by atoms with Crippen LogP contribution < -0.4 is 10.5 Å². The molecule has 0 saturated carbocycles. The van der Waals surface area contributed by atoms with Crippen molar-refractivity contribution in [2.24, 2.45) is 5.73 Å². The minimum Gasteiger partial charge on any atom is -0.480 e. The van der Waals surface area contributed by atoms with Gasteiger partial charge in [0.15, 0.2) is 6.10 Å². The summed E-state index contributed by atoms with van der Waals surface area (Å²) in [5, 5.41) is 0. The summed E-state index contributed by atoms with van der Waals surface area (Å²) < 4.78 is 5.96. The number of nitrogens with two attached hydrogens (primary N) is 1. The smallest absolute Gasteiger partial charge is 0.264 e. The van der Waals surface area contributed by atoms with Gasteiger partial charge in [-0.1, -0.05) is 36.4 Å². The second-order valence-electron chi connectivity index (χ2n) is 7.28. The Morgan fingerprint density at radius 2 is 1.84 bits per heavy atom. The number of amides is 1. The molecule has 4 nitrogen and oxygen atoms in total. The Kier molecular flexibility index (Phi) is 4.00. The molecule has 2 heterocycles. The molecular formula is C21H24N2O2. The predicted molar refractivity (Wildman–Crippen MR) is 97.8 cm³/mol. The first-order chi connectivity index (χ1) is 12.0. The van der Waals surface area contributed by atoms with Crippen molar-refractivity contribution in [1.82, 2.24) is 4.90 Å². The molecule has 1 unspecified atom stereocenters. The SMILES string of the molecule is Cc1cc2c(cc1C)OC(C(=O)N1C[C@@H](N)[C@H](c3ccccc3)C1)C2. The zero-order chi connectivity index (χ0) is 17.6. The monoisotopic (exact) mass is 336 g/mol. The van der Waals surface area contributed by atoms with Crippen LogP contribution in [0.5, 0.6) is 5.75 Å². The number of carbonyl (C=O) groups excluding carboxylic acids is 1. The number of hydrogen-bond donors (Lipinski definition) is 1. The van der Waals surface area contributed by atoms with Gasteiger partial charge in [0.1, 0.15) is 5.75 Å². The Bertz CT molecular complexity index is 772. The molecule has 1 saturated heterocycles. The molecule has 1 fully saturated rings. The predicted octanol–water partition coefficient (Wildman–Crippen LogP) is 2.56. The van der Waals surface area contributed by atoms with Gasteiger partial charge >= 0.3 is 0 Å². The first-order valence-corrected chi connectivity index (χ1v) is 8.89. The molecule has 0 radical (unpaired) electrons. The summed E-state index contributed by atoms with van der Waals surface area (Å²) >= 11 is 0. The standard InChI is InChI=1S/C21H24N2O2/c1-13-8-16-10-20(25-19(16)9-14(13)2)21(24)23-11-17(18(22)12-23)15-6-4-3-5-7-15/h3-9,17-18,20H,10-12,22H2,1-2H3/t17-,18+,20?/m0/s1. The highest BCUT2D eigenvalue weighted by molar-refractivity contribution is 5.83. The molecule has 2 aliphatic heterocycles. The summed E-state index contributed by atoms with van der Waals surface area (Å²) in [5.74, 6) is 1.10. The van der Waals surface area contributed by atoms with Crippen molar-refractivity contribution in [2.45, 2.75) is 38.3 Å². The first kappa shape index (κ1) is 16.2. The molecule has 130 valence electrons. The molecule has 2 N–H and O–H groups in total. The van der Waals surface area contributed by atoms with Crippen LogP contribution in [0, 0.1) is 13.8 Å². The minimum atomic E-state index is -0.419. The molecule has 3 atom stereocenters. The van der Waals surface area contributed by atoms with Gasteiger partial charge in [-0.3, -0.25) is 4.79 Å². The lowest BCUT2D eigenvalue weighted by Crippen LogP contribution is -2.41. The summed E-state index contributed by atoms with van der Waals surface area (Å²) in [6, 6.07) is 14.4. The summed E-state index contributed by atoms with van der Waals surface area (Å²) in [6.07, 6.45) is 0.231. The van der Waals surface area contributed by atoms with E-state index in [4.69, 9.17) is 10.5 Å². The van der Waals surface area contributed by atoms with E-state index >= 15 is 0 Å². The maximum atomic E-state index is 13.0. The summed E-state index contributed by atoms with van der Waals surface area (Å²) in [4.78, 5) is 14.8. The van der Waals surface area contributed by atoms with Gasteiger partial charge in [-0.2, -0.15) is 0 Å². The Morgan fingerprint density at radius 3 is 2.60 bits per heavy atom. The van der Waals surface area contributed by atoms with Crippen LogP contribution in [0.3, 0.4) is 0 Å². The Morgan fingerprint density at radius 1 is 1.12 bits per heavy atom. The van der Waals surface area contributed by atoms with Gasteiger partial charge in [0.05, 0.1) is 0 Å². The molecule has 4 heteroatoms. The van der Waals surface area contributed by atoms with Crippen LogP contribution in [0.2, 0.25) is 0 Å². The van der Waals surface area contributed by atoms with Crippen molar-refractivity contribution in [3.05, 3.63) is 64.7 Å². The molecular weight excluding hydrogens is 312 g/mol. The summed E-state index contributed by atoms with van der Waals surface area (Å²) in [5.41, 5.74) is 11.1. The van der Waals surface area contributed by atoms with Crippen molar-refractivity contribution in [3.63, 3.8) is 0 Å². The number of ether oxygens (including phenoxy) is 1. The van der Waals surface area contributed by atoms with Crippen molar-refractivity contribution in [2.75, 3.05) is 13.1 Å². The largest absolute Gasteiger partial charge is 0.480 e. The fourth-order valence-corrected chi connectivity index (χ4v) is 3.92. The van der Waals surface area contributed by atoms with Crippen molar-refractivity contribution < 1.29 is 9.53 Å². The Balaban J connectivity index is 1.48. The zero-order valence-corrected chi connectivity index (χ0v) is 14.7. The Labute approximate surface area is 148 Å². The highest BCUT2D eigenvalue weighted by Gasteiger charge is 2.39. The van der Waals surface area contributed by atoms with E-state index in [-0.39, 0.29) is 17.9 Å². The van der Waals surface area contributed by atoms with Gasteiger partial charge < -0.3 is 15.4 Å². The third kappa shape index (κ3) is 2.91. The topological polar surface area (TPSA) is 55.6 Å². The van der Waals surface area contributed by atoms with Crippen LogP contribution in [-0.4, -0.2) is 36.0 Å². The average molecular weight is 336 g/mol. The third-order valence-electron chi connectivity index (χ3n) is 5.53. The van der Waals surface area contributed by atoms with Crippen LogP contribution in [0.1, 0.15) is 28.2 Å². The molecule has 0 bridgehead atoms. The van der Waals surface area contributed by atoms with Gasteiger partial charge in [0.25, 0.3) is 5.91 Å². The van der Waals surface area contributed by atoms with E-state index in [1.165, 1.54) is 16.7 Å². The van der Waals surface area contributed by atoms with E-state index < -0.39 is 6.10 Å². The number of hydrogen-bond acceptors (Lipinski definition) is 3. The molecule has 2 aromatic carbocycles. The van der Waals surface area contributed by atoms with Gasteiger partial charge in [0.2, 0.25) is 0 Å². The van der Waals surface area contributed by atoms with Crippen LogP contribution in [-0.2, 0) is 11.2 Å². The van der Waals surface area contributed by atoms with Gasteiger partial charge in [-0.25, -0.2) is 0 Å². The van der Waals surface area contributed by atoms with E-state index in [0.29, 0.717) is 19.5 Å². The lowest BCUT2D eigenvalue weighted by molar-refractivity contribution is -0.136. The summed E-state index contributed by atoms with van der Waals surface area (Å²) in [7, 11) is 0. The van der Waals surface area contributed by atoms with Gasteiger partial charge in [-0.05, 0) is 42.2 Å². The molecule has 0 spiro atoms. The van der Waals surface area contributed by atoms with Crippen molar-refractivity contribution in [1.29, 1.82) is 0 Å². The number of nitrogens with zero attached hydrogens (tertiary/aromatic N) is 1. The molecule has 4 rings (SSSR count). The minimum absolute atomic E-state index is 0.0281. The van der Waals surface area contributed by atoms with Gasteiger partial charge in [0, 0.05) is 31.5 Å². The van der Waals surface area contributed by atoms with E-state index in [0.717, 1.165) is 11.3 Å². The maximum Gasteiger partial charge on any atom is 0.264 e. The van der Waals surface area contributed by atoms with E-state index in [2.05, 4.69) is 32.0 Å². The number of aryl methyl sites for hydroxylation is 2. The normalized spacial score (nSPS) is 24.9. The highest BCUT2D eigenvalue weighted by Crippen LogP contribution is 2.33. The summed E-state index contributed by atoms with van der Waals surface area (Å²) in [6.45, 7) is 5.41. The molecule has 0 aliphatic carbocycles. The zero-order valence-electron chi connectivity index (χ0n) is 14.7. The van der Waals surface area contributed by atoms with Crippen LogP contribution in [0.15, 0.2) is 42.5 Å². The number of benzene rings is 2. The lowest BCUT2D eigenvalue weighted by Gasteiger charge is -2.20. The number of fused-ring (bicyclic) bond motifs is 1. The lowest BCUT2D eigenvalue weighted by atomic mass is 9.95. The van der Waals surface area contributed by atoms with Crippen LogP contribution in [0.4, 0.5) is 0 Å². The number of rotatable bonds is 2. The van der Waals surface area contributed by atoms with E-state index in [1.54, 1.807) is 0 Å². The average Bonchev–Trinajstić information content (AvgIpc) is 3.19. The van der Waals surface area contributed by atoms with Crippen molar-refractivity contribution >= 4 is 5.91 Å². The van der Waals surface area contributed by atoms with Crippen LogP contribution in [0.25, 0.3) is 0 Å². The molecule has 2 aromatic rings. The molecule has 1 amide bonds. The first-order valence-electron chi connectivity index (χ1n) is 8.89. The second kappa shape index (κ2) is 6.19. The number of carbonyl (C=O) groups is 1. The van der Waals surface area contributed by atoms with Crippen molar-refractivity contribution in [3.8, 4) is 5.75 Å². The van der Waals surface area contributed by atoms with Gasteiger partial charge in [-0.15, -0.1) is 0 Å².